The van der Waals surface area contributed by atoms with E-state index in [0.717, 1.165) is 19.4 Å². The Balaban J connectivity index is 1.76. The molecule has 3 heterocycles. The molecule has 17 heteroatoms. The zero-order chi connectivity index (χ0) is 28.9. The van der Waals surface area contributed by atoms with Crippen molar-refractivity contribution in [3.63, 3.8) is 0 Å². The molecule has 208 valence electrons. The molecule has 3 aromatic heterocycles. The van der Waals surface area contributed by atoms with Gasteiger partial charge in [-0.25, -0.2) is 14.3 Å². The number of halogens is 8. The molecule has 39 heavy (non-hydrogen) atoms. The average Bonchev–Trinajstić information content (AvgIpc) is 3.36. The fraction of sp³-hybridized carbons (Fsp3) is 0.409. The topological polar surface area (TPSA) is 102 Å². The van der Waals surface area contributed by atoms with Gasteiger partial charge in [0.1, 0.15) is 10.7 Å². The summed E-state index contributed by atoms with van der Waals surface area (Å²) in [6, 6.07) is 3.45. The van der Waals surface area contributed by atoms with E-state index in [-0.39, 0.29) is 28.4 Å². The van der Waals surface area contributed by atoms with Crippen LogP contribution in [0, 0.1) is 11.3 Å². The number of alkyl halides is 7. The molecule has 9 nitrogen and oxygen atoms in total. The molecule has 0 aromatic carbocycles. The van der Waals surface area contributed by atoms with Gasteiger partial charge in [-0.15, -0.1) is 0 Å². The van der Waals surface area contributed by atoms with Gasteiger partial charge in [-0.3, -0.25) is 4.79 Å². The lowest BCUT2D eigenvalue weighted by molar-refractivity contribution is -0.291. The lowest BCUT2D eigenvalue weighted by atomic mass is 10.1. The Bertz CT molecular complexity index is 1460. The number of nitrogens with zero attached hydrogens (tertiary/aromatic N) is 7. The lowest BCUT2D eigenvalue weighted by Gasteiger charge is -2.26. The minimum atomic E-state index is -6.15. The van der Waals surface area contributed by atoms with Gasteiger partial charge in [-0.05, 0) is 25.8 Å². The SMILES string of the molecule is CCN(C(=O)c1cc(-c2cnn(-c3c(OC(F)F)c(C(F)(F)C(F)(F)F)nn3C)c2)cnc1Cl)C1(C#N)CC1. The monoisotopic (exact) mass is 579 g/mol. The van der Waals surface area contributed by atoms with Crippen LogP contribution in [0.2, 0.25) is 5.15 Å². The molecule has 1 fully saturated rings. The van der Waals surface area contributed by atoms with E-state index in [1.54, 1.807) is 6.92 Å². The standard InChI is InChI=1S/C22H17ClF7N7O2/c1-3-36(20(10-31)4-5-20)18(38)13-6-11(7-32-16(13)23)12-8-33-37(9-12)17-14(39-19(24)25)15(34-35(17)2)21(26,27)22(28,29)30/h6-9,19H,3-5H2,1-2H3. The first kappa shape index (κ1) is 28.1. The van der Waals surface area contributed by atoms with Crippen LogP contribution < -0.4 is 4.74 Å². The number of rotatable bonds is 8. The molecule has 1 aliphatic carbocycles. The van der Waals surface area contributed by atoms with Crippen LogP contribution in [0.3, 0.4) is 0 Å². The third kappa shape index (κ3) is 4.86. The Kier molecular flexibility index (Phi) is 7.00. The van der Waals surface area contributed by atoms with Crippen LogP contribution in [0.4, 0.5) is 30.7 Å². The summed E-state index contributed by atoms with van der Waals surface area (Å²) in [4.78, 5) is 18.5. The van der Waals surface area contributed by atoms with E-state index in [4.69, 9.17) is 11.6 Å². The summed E-state index contributed by atoms with van der Waals surface area (Å²) in [7, 11) is 0.938. The molecule has 0 saturated heterocycles. The summed E-state index contributed by atoms with van der Waals surface area (Å²) in [5, 5.41) is 16.3. The number of amides is 1. The molecule has 0 N–H and O–H groups in total. The summed E-state index contributed by atoms with van der Waals surface area (Å²) in [6.45, 7) is -1.86. The number of nitriles is 1. The second-order valence-corrected chi connectivity index (χ2v) is 8.86. The van der Waals surface area contributed by atoms with E-state index in [0.29, 0.717) is 22.2 Å². The number of hydrogen-bond donors (Lipinski definition) is 0. The predicted molar refractivity (Wildman–Crippen MR) is 119 cm³/mol. The second kappa shape index (κ2) is 9.70. The average molecular weight is 580 g/mol. The van der Waals surface area contributed by atoms with Crippen LogP contribution in [-0.2, 0) is 13.0 Å². The number of carbonyl (C=O) groups is 1. The van der Waals surface area contributed by atoms with Crippen molar-refractivity contribution in [3.8, 4) is 28.8 Å². The number of aryl methyl sites for hydroxylation is 1. The van der Waals surface area contributed by atoms with E-state index in [2.05, 4.69) is 26.0 Å². The summed E-state index contributed by atoms with van der Waals surface area (Å²) in [5.74, 6) is -8.46. The van der Waals surface area contributed by atoms with E-state index in [1.807, 2.05) is 0 Å². The fourth-order valence-electron chi connectivity index (χ4n) is 3.98. The van der Waals surface area contributed by atoms with Crippen LogP contribution in [0.1, 0.15) is 35.8 Å². The van der Waals surface area contributed by atoms with Crippen LogP contribution in [0.5, 0.6) is 5.75 Å². The Hall–Kier alpha value is -3.87. The maximum absolute atomic E-state index is 14.1. The molecule has 1 saturated carbocycles. The van der Waals surface area contributed by atoms with Gasteiger partial charge in [-0.2, -0.15) is 46.2 Å². The molecule has 0 unspecified atom stereocenters. The predicted octanol–water partition coefficient (Wildman–Crippen LogP) is 5.09. The maximum atomic E-state index is 14.1. The van der Waals surface area contributed by atoms with Crippen molar-refractivity contribution in [2.75, 3.05) is 6.54 Å². The van der Waals surface area contributed by atoms with Gasteiger partial charge in [0, 0.05) is 37.1 Å². The first-order chi connectivity index (χ1) is 18.2. The van der Waals surface area contributed by atoms with E-state index in [9.17, 15) is 40.8 Å². The van der Waals surface area contributed by atoms with Gasteiger partial charge in [0.25, 0.3) is 5.91 Å². The van der Waals surface area contributed by atoms with Crippen molar-refractivity contribution in [3.05, 3.63) is 41.1 Å². The maximum Gasteiger partial charge on any atom is 0.459 e. The molecular formula is C22H17ClF7N7O2. The molecule has 3 aromatic rings. The Morgan fingerprint density at radius 2 is 1.92 bits per heavy atom. The van der Waals surface area contributed by atoms with Gasteiger partial charge in [-0.1, -0.05) is 11.6 Å². The van der Waals surface area contributed by atoms with Crippen LogP contribution in [0.25, 0.3) is 16.9 Å². The van der Waals surface area contributed by atoms with Gasteiger partial charge in [0.15, 0.2) is 17.3 Å². The smallest absolute Gasteiger partial charge is 0.428 e. The molecule has 0 aliphatic heterocycles. The van der Waals surface area contributed by atoms with E-state index in [1.165, 1.54) is 17.2 Å². The highest BCUT2D eigenvalue weighted by Crippen LogP contribution is 2.48. The van der Waals surface area contributed by atoms with Crippen molar-refractivity contribution < 1.29 is 40.3 Å². The van der Waals surface area contributed by atoms with Gasteiger partial charge < -0.3 is 9.64 Å². The van der Waals surface area contributed by atoms with Crippen molar-refractivity contribution in [2.45, 2.75) is 44.0 Å². The van der Waals surface area contributed by atoms with Crippen molar-refractivity contribution in [1.82, 2.24) is 29.4 Å². The minimum absolute atomic E-state index is 0.0559. The van der Waals surface area contributed by atoms with Gasteiger partial charge >= 0.3 is 18.7 Å². The normalized spacial score (nSPS) is 14.8. The number of pyridine rings is 1. The third-order valence-electron chi connectivity index (χ3n) is 6.05. The molecule has 1 aliphatic rings. The summed E-state index contributed by atoms with van der Waals surface area (Å²) in [6.07, 6.45) is -1.72. The highest BCUT2D eigenvalue weighted by Gasteiger charge is 2.62. The largest absolute Gasteiger partial charge is 0.459 e. The molecular weight excluding hydrogens is 563 g/mol. The molecule has 0 atom stereocenters. The van der Waals surface area contributed by atoms with Crippen LogP contribution in [-0.4, -0.2) is 60.2 Å². The number of carbonyl (C=O) groups excluding carboxylic acids is 1. The first-order valence-electron chi connectivity index (χ1n) is 11.1. The Morgan fingerprint density at radius 3 is 2.46 bits per heavy atom. The van der Waals surface area contributed by atoms with Crippen LogP contribution in [0.15, 0.2) is 24.7 Å². The summed E-state index contributed by atoms with van der Waals surface area (Å²) >= 11 is 6.14. The summed E-state index contributed by atoms with van der Waals surface area (Å²) in [5.41, 5.74) is -2.71. The number of hydrogen-bond acceptors (Lipinski definition) is 6. The van der Waals surface area contributed by atoms with Crippen LogP contribution >= 0.6 is 11.6 Å². The highest BCUT2D eigenvalue weighted by atomic mass is 35.5. The van der Waals surface area contributed by atoms with E-state index < -0.39 is 47.4 Å². The lowest BCUT2D eigenvalue weighted by Crippen LogP contribution is -2.41. The molecule has 0 bridgehead atoms. The quantitative estimate of drug-likeness (QED) is 0.272. The highest BCUT2D eigenvalue weighted by molar-refractivity contribution is 6.32. The Labute approximate surface area is 220 Å². The van der Waals surface area contributed by atoms with Crippen molar-refractivity contribution >= 4 is 17.5 Å². The number of ether oxygens (including phenoxy) is 1. The third-order valence-corrected chi connectivity index (χ3v) is 6.35. The van der Waals surface area contributed by atoms with E-state index >= 15 is 0 Å². The minimum Gasteiger partial charge on any atom is -0.428 e. The van der Waals surface area contributed by atoms with Gasteiger partial charge in [0.05, 0.1) is 17.8 Å². The fourth-order valence-corrected chi connectivity index (χ4v) is 4.16. The zero-order valence-electron chi connectivity index (χ0n) is 20.0. The number of aromatic nitrogens is 5. The molecule has 1 amide bonds. The second-order valence-electron chi connectivity index (χ2n) is 8.50. The Morgan fingerprint density at radius 1 is 1.26 bits per heavy atom. The first-order valence-corrected chi connectivity index (χ1v) is 11.5. The van der Waals surface area contributed by atoms with Gasteiger partial charge in [0.2, 0.25) is 0 Å². The van der Waals surface area contributed by atoms with Crippen molar-refractivity contribution in [1.29, 1.82) is 5.26 Å². The molecule has 0 radical (unpaired) electrons. The molecule has 4 rings (SSSR count). The van der Waals surface area contributed by atoms with Crippen molar-refractivity contribution in [2.24, 2.45) is 7.05 Å². The summed E-state index contributed by atoms with van der Waals surface area (Å²) < 4.78 is 98.4. The molecule has 0 spiro atoms. The zero-order valence-corrected chi connectivity index (χ0v) is 20.7.